The number of amides is 4. The van der Waals surface area contributed by atoms with Crippen molar-refractivity contribution >= 4 is 57.1 Å². The van der Waals surface area contributed by atoms with Gasteiger partial charge in [-0.3, -0.25) is 14.9 Å². The number of nitrogens with one attached hydrogen (secondary N) is 1. The van der Waals surface area contributed by atoms with Gasteiger partial charge in [-0.1, -0.05) is 51.8 Å². The Hall–Kier alpha value is -4.47. The number of imide groups is 2. The lowest BCUT2D eigenvalue weighted by atomic mass is 10.1. The number of ether oxygens (including phenoxy) is 2. The maximum absolute atomic E-state index is 13.4. The highest BCUT2D eigenvalue weighted by Gasteiger charge is 2.37. The first-order valence-corrected chi connectivity index (χ1v) is 13.5. The van der Waals surface area contributed by atoms with Crippen LogP contribution in [0.25, 0.3) is 6.08 Å². The summed E-state index contributed by atoms with van der Waals surface area (Å²) in [6.07, 6.45) is 1.37. The van der Waals surface area contributed by atoms with Crippen LogP contribution >= 0.6 is 27.5 Å². The van der Waals surface area contributed by atoms with Gasteiger partial charge < -0.3 is 9.47 Å². The fourth-order valence-electron chi connectivity index (χ4n) is 3.99. The zero-order valence-corrected chi connectivity index (χ0v) is 23.6. The van der Waals surface area contributed by atoms with Crippen molar-refractivity contribution in [3.8, 4) is 11.5 Å². The molecule has 0 atom stereocenters. The Kier molecular flexibility index (Phi) is 8.47. The Bertz CT molecular complexity index is 1640. The molecule has 0 aliphatic carbocycles. The van der Waals surface area contributed by atoms with Crippen LogP contribution in [0, 0.1) is 5.82 Å². The molecule has 1 saturated heterocycles. The van der Waals surface area contributed by atoms with Crippen molar-refractivity contribution in [2.24, 2.45) is 0 Å². The summed E-state index contributed by atoms with van der Waals surface area (Å²) in [7, 11) is 0. The summed E-state index contributed by atoms with van der Waals surface area (Å²) in [5.74, 6) is -1.07. The zero-order chi connectivity index (χ0) is 28.9. The zero-order valence-electron chi connectivity index (χ0n) is 21.3. The molecule has 1 heterocycles. The third kappa shape index (κ3) is 6.82. The molecule has 1 aliphatic heterocycles. The number of carbonyl (C=O) groups is 3. The standard InChI is InChI=1S/C31H21BrClFN2O5/c32-22-5-14-28(41-18-20-3-8-24(34)9-4-20)21(15-22)16-27-29(37)35-31(39)36(30(27)38)25-10-12-26(13-11-25)40-17-19-1-6-23(33)7-2-19/h1-16H,17-18H2,(H,35,37,39)/b27-16+. The van der Waals surface area contributed by atoms with Crippen molar-refractivity contribution in [2.75, 3.05) is 4.90 Å². The van der Waals surface area contributed by atoms with E-state index >= 15 is 0 Å². The van der Waals surface area contributed by atoms with E-state index in [1.165, 1.54) is 18.2 Å². The van der Waals surface area contributed by atoms with E-state index in [0.717, 1.165) is 16.0 Å². The fraction of sp³-hybridized carbons (Fsp3) is 0.0645. The quantitative estimate of drug-likeness (QED) is 0.165. The van der Waals surface area contributed by atoms with E-state index in [-0.39, 0.29) is 23.7 Å². The molecule has 4 aromatic carbocycles. The predicted octanol–water partition coefficient (Wildman–Crippen LogP) is 7.07. The number of nitrogens with zero attached hydrogens (tertiary/aromatic N) is 1. The van der Waals surface area contributed by atoms with Gasteiger partial charge in [-0.25, -0.2) is 14.1 Å². The number of barbiturate groups is 1. The number of rotatable bonds is 8. The molecule has 41 heavy (non-hydrogen) atoms. The van der Waals surface area contributed by atoms with Crippen molar-refractivity contribution in [1.82, 2.24) is 5.32 Å². The maximum atomic E-state index is 13.4. The molecule has 206 valence electrons. The second-order valence-electron chi connectivity index (χ2n) is 8.96. The van der Waals surface area contributed by atoms with Gasteiger partial charge in [-0.2, -0.15) is 0 Å². The third-order valence-electron chi connectivity index (χ3n) is 6.09. The average Bonchev–Trinajstić information content (AvgIpc) is 2.96. The molecule has 7 nitrogen and oxygen atoms in total. The highest BCUT2D eigenvalue weighted by Crippen LogP contribution is 2.29. The van der Waals surface area contributed by atoms with Crippen LogP contribution in [0.3, 0.4) is 0 Å². The molecule has 1 aliphatic rings. The minimum Gasteiger partial charge on any atom is -0.489 e. The molecule has 1 fully saturated rings. The summed E-state index contributed by atoms with van der Waals surface area (Å²) >= 11 is 9.31. The van der Waals surface area contributed by atoms with Crippen LogP contribution in [0.2, 0.25) is 5.02 Å². The molecule has 10 heteroatoms. The van der Waals surface area contributed by atoms with Gasteiger partial charge in [0.1, 0.15) is 36.1 Å². The van der Waals surface area contributed by atoms with Crippen LogP contribution in [0.4, 0.5) is 14.9 Å². The predicted molar refractivity (Wildman–Crippen MR) is 156 cm³/mol. The van der Waals surface area contributed by atoms with Gasteiger partial charge in [-0.05, 0) is 83.9 Å². The van der Waals surface area contributed by atoms with Crippen molar-refractivity contribution in [1.29, 1.82) is 0 Å². The second-order valence-corrected chi connectivity index (χ2v) is 10.3. The van der Waals surface area contributed by atoms with Crippen molar-refractivity contribution in [3.05, 3.63) is 129 Å². The van der Waals surface area contributed by atoms with Crippen molar-refractivity contribution in [3.63, 3.8) is 0 Å². The number of hydrogen-bond donors (Lipinski definition) is 1. The van der Waals surface area contributed by atoms with Gasteiger partial charge >= 0.3 is 6.03 Å². The minimum atomic E-state index is -0.867. The van der Waals surface area contributed by atoms with Gasteiger partial charge in [-0.15, -0.1) is 0 Å². The first-order chi connectivity index (χ1) is 19.8. The molecule has 4 amide bonds. The molecule has 0 spiro atoms. The number of carbonyl (C=O) groups excluding carboxylic acids is 3. The summed E-state index contributed by atoms with van der Waals surface area (Å²) < 4.78 is 25.6. The largest absolute Gasteiger partial charge is 0.489 e. The molecule has 0 unspecified atom stereocenters. The second kappa shape index (κ2) is 12.4. The maximum Gasteiger partial charge on any atom is 0.335 e. The Morgan fingerprint density at radius 3 is 2.15 bits per heavy atom. The smallest absolute Gasteiger partial charge is 0.335 e. The molecule has 5 rings (SSSR count). The van der Waals surface area contributed by atoms with Gasteiger partial charge in [0.05, 0.1) is 5.69 Å². The minimum absolute atomic E-state index is 0.134. The van der Waals surface area contributed by atoms with E-state index in [9.17, 15) is 18.8 Å². The van der Waals surface area contributed by atoms with Crippen LogP contribution in [0.1, 0.15) is 16.7 Å². The summed E-state index contributed by atoms with van der Waals surface area (Å²) in [6.45, 7) is 0.439. The van der Waals surface area contributed by atoms with E-state index in [2.05, 4.69) is 21.2 Å². The Balaban J connectivity index is 1.35. The molecule has 1 N–H and O–H groups in total. The van der Waals surface area contributed by atoms with Crippen LogP contribution in [0.5, 0.6) is 11.5 Å². The normalized spacial score (nSPS) is 14.3. The molecule has 0 aromatic heterocycles. The van der Waals surface area contributed by atoms with E-state index in [1.54, 1.807) is 66.7 Å². The van der Waals surface area contributed by atoms with E-state index < -0.39 is 17.8 Å². The monoisotopic (exact) mass is 634 g/mol. The van der Waals surface area contributed by atoms with Crippen LogP contribution in [-0.2, 0) is 22.8 Å². The SMILES string of the molecule is O=C1NC(=O)N(c2ccc(OCc3ccc(Cl)cc3)cc2)C(=O)/C1=C/c1cc(Br)ccc1OCc1ccc(F)cc1. The van der Waals surface area contributed by atoms with Gasteiger partial charge in [0.2, 0.25) is 0 Å². The van der Waals surface area contributed by atoms with Gasteiger partial charge in [0.25, 0.3) is 11.8 Å². The number of benzene rings is 4. The van der Waals surface area contributed by atoms with Crippen LogP contribution in [-0.4, -0.2) is 17.8 Å². The topological polar surface area (TPSA) is 84.9 Å². The molecule has 0 radical (unpaired) electrons. The lowest BCUT2D eigenvalue weighted by molar-refractivity contribution is -0.122. The highest BCUT2D eigenvalue weighted by molar-refractivity contribution is 9.10. The number of urea groups is 1. The van der Waals surface area contributed by atoms with E-state index in [0.29, 0.717) is 33.2 Å². The molecule has 0 saturated carbocycles. The summed E-state index contributed by atoms with van der Waals surface area (Å²) in [6, 6.07) is 23.7. The fourth-order valence-corrected chi connectivity index (χ4v) is 4.50. The number of halogens is 3. The molecule has 4 aromatic rings. The highest BCUT2D eigenvalue weighted by atomic mass is 79.9. The Labute approximate surface area is 248 Å². The summed E-state index contributed by atoms with van der Waals surface area (Å²) in [5, 5.41) is 2.85. The van der Waals surface area contributed by atoms with Crippen molar-refractivity contribution < 1.29 is 28.2 Å². The summed E-state index contributed by atoms with van der Waals surface area (Å²) in [4.78, 5) is 39.7. The summed E-state index contributed by atoms with van der Waals surface area (Å²) in [5.41, 5.74) is 2.09. The van der Waals surface area contributed by atoms with E-state index in [4.69, 9.17) is 21.1 Å². The van der Waals surface area contributed by atoms with E-state index in [1.807, 2.05) is 12.1 Å². The first kappa shape index (κ1) is 28.1. The van der Waals surface area contributed by atoms with Crippen LogP contribution < -0.4 is 19.7 Å². The van der Waals surface area contributed by atoms with Crippen molar-refractivity contribution in [2.45, 2.75) is 13.2 Å². The Morgan fingerprint density at radius 1 is 0.829 bits per heavy atom. The lowest BCUT2D eigenvalue weighted by Crippen LogP contribution is -2.54. The first-order valence-electron chi connectivity index (χ1n) is 12.3. The number of anilines is 1. The molecule has 0 bridgehead atoms. The van der Waals surface area contributed by atoms with Crippen LogP contribution in [0.15, 0.2) is 101 Å². The molecular formula is C31H21BrClFN2O5. The number of hydrogen-bond acceptors (Lipinski definition) is 5. The average molecular weight is 636 g/mol. The third-order valence-corrected chi connectivity index (χ3v) is 6.84. The molecular weight excluding hydrogens is 615 g/mol. The van der Waals surface area contributed by atoms with Gasteiger partial charge in [0, 0.05) is 15.1 Å². The Morgan fingerprint density at radius 2 is 1.46 bits per heavy atom. The van der Waals surface area contributed by atoms with Gasteiger partial charge in [0.15, 0.2) is 0 Å². The lowest BCUT2D eigenvalue weighted by Gasteiger charge is -2.26.